The molecule has 1 saturated carbocycles. The van der Waals surface area contributed by atoms with Crippen molar-refractivity contribution in [2.45, 2.75) is 39.3 Å². The van der Waals surface area contributed by atoms with Crippen LogP contribution in [0.15, 0.2) is 24.3 Å². The van der Waals surface area contributed by atoms with E-state index in [1.807, 2.05) is 43.0 Å². The molecule has 1 fully saturated rings. The number of ether oxygens (including phenoxy) is 1. The lowest BCUT2D eigenvalue weighted by Gasteiger charge is -2.25. The van der Waals surface area contributed by atoms with Gasteiger partial charge in [-0.3, -0.25) is 4.79 Å². The molecule has 0 aliphatic heterocycles. The Labute approximate surface area is 109 Å². The van der Waals surface area contributed by atoms with E-state index >= 15 is 0 Å². The van der Waals surface area contributed by atoms with Crippen LogP contribution in [0.1, 0.15) is 32.3 Å². The second-order valence-electron chi connectivity index (χ2n) is 5.16. The van der Waals surface area contributed by atoms with Crippen LogP contribution >= 0.6 is 0 Å². The minimum atomic E-state index is 0.0558. The minimum Gasteiger partial charge on any atom is -0.496 e. The minimum absolute atomic E-state index is 0.0558. The summed E-state index contributed by atoms with van der Waals surface area (Å²) in [6.45, 7) is 4.57. The van der Waals surface area contributed by atoms with Crippen molar-refractivity contribution < 1.29 is 9.53 Å². The standard InChI is InChI=1S/C15H21NO2/c1-11(2)15(17)16(13-8-9-13)10-12-6-4-5-7-14(12)18-3/h4-7,11,13H,8-10H2,1-3H3. The fourth-order valence-corrected chi connectivity index (χ4v) is 2.12. The Hall–Kier alpha value is -1.51. The Balaban J connectivity index is 2.16. The summed E-state index contributed by atoms with van der Waals surface area (Å²) in [6, 6.07) is 8.35. The van der Waals surface area contributed by atoms with Crippen LogP contribution in [0.4, 0.5) is 0 Å². The summed E-state index contributed by atoms with van der Waals surface area (Å²) in [7, 11) is 1.67. The van der Waals surface area contributed by atoms with Gasteiger partial charge in [0.2, 0.25) is 5.91 Å². The van der Waals surface area contributed by atoms with Crippen LogP contribution in [0, 0.1) is 5.92 Å². The predicted octanol–water partition coefficient (Wildman–Crippen LogP) is 2.84. The first-order valence-electron chi connectivity index (χ1n) is 6.56. The van der Waals surface area contributed by atoms with Gasteiger partial charge in [-0.05, 0) is 18.9 Å². The highest BCUT2D eigenvalue weighted by Crippen LogP contribution is 2.31. The average Bonchev–Trinajstić information content (AvgIpc) is 3.19. The van der Waals surface area contributed by atoms with Crippen molar-refractivity contribution in [2.24, 2.45) is 5.92 Å². The van der Waals surface area contributed by atoms with Crippen molar-refractivity contribution in [3.05, 3.63) is 29.8 Å². The summed E-state index contributed by atoms with van der Waals surface area (Å²) in [6.07, 6.45) is 2.27. The molecule has 18 heavy (non-hydrogen) atoms. The SMILES string of the molecule is COc1ccccc1CN(C(=O)C(C)C)C1CC1. The quantitative estimate of drug-likeness (QED) is 0.800. The van der Waals surface area contributed by atoms with Gasteiger partial charge in [-0.2, -0.15) is 0 Å². The second kappa shape index (κ2) is 5.42. The third-order valence-corrected chi connectivity index (χ3v) is 3.30. The molecule has 1 aromatic rings. The highest BCUT2D eigenvalue weighted by molar-refractivity contribution is 5.78. The number of hydrogen-bond acceptors (Lipinski definition) is 2. The molecule has 1 aliphatic carbocycles. The monoisotopic (exact) mass is 247 g/mol. The van der Waals surface area contributed by atoms with Gasteiger partial charge in [0.1, 0.15) is 5.75 Å². The van der Waals surface area contributed by atoms with Crippen molar-refractivity contribution >= 4 is 5.91 Å². The number of carbonyl (C=O) groups is 1. The van der Waals surface area contributed by atoms with Crippen molar-refractivity contribution in [2.75, 3.05) is 7.11 Å². The lowest BCUT2D eigenvalue weighted by Crippen LogP contribution is -2.35. The first-order chi connectivity index (χ1) is 8.63. The summed E-state index contributed by atoms with van der Waals surface area (Å²) in [5, 5.41) is 0. The topological polar surface area (TPSA) is 29.5 Å². The smallest absolute Gasteiger partial charge is 0.225 e. The predicted molar refractivity (Wildman–Crippen MR) is 71.4 cm³/mol. The zero-order valence-electron chi connectivity index (χ0n) is 11.3. The van der Waals surface area contributed by atoms with Gasteiger partial charge in [0.05, 0.1) is 7.11 Å². The van der Waals surface area contributed by atoms with Crippen LogP contribution < -0.4 is 4.74 Å². The average molecular weight is 247 g/mol. The molecule has 0 bridgehead atoms. The highest BCUT2D eigenvalue weighted by atomic mass is 16.5. The van der Waals surface area contributed by atoms with Crippen molar-refractivity contribution in [1.29, 1.82) is 0 Å². The van der Waals surface area contributed by atoms with E-state index in [0.717, 1.165) is 24.2 Å². The number of hydrogen-bond donors (Lipinski definition) is 0. The lowest BCUT2D eigenvalue weighted by molar-refractivity contribution is -0.135. The Morgan fingerprint density at radius 1 is 1.39 bits per heavy atom. The molecule has 1 aromatic carbocycles. The van der Waals surface area contributed by atoms with E-state index in [9.17, 15) is 4.79 Å². The van der Waals surface area contributed by atoms with Gasteiger partial charge in [-0.15, -0.1) is 0 Å². The second-order valence-corrected chi connectivity index (χ2v) is 5.16. The van der Waals surface area contributed by atoms with Gasteiger partial charge in [0, 0.05) is 24.1 Å². The fraction of sp³-hybridized carbons (Fsp3) is 0.533. The van der Waals surface area contributed by atoms with Gasteiger partial charge >= 0.3 is 0 Å². The highest BCUT2D eigenvalue weighted by Gasteiger charge is 2.33. The molecule has 0 radical (unpaired) electrons. The van der Waals surface area contributed by atoms with E-state index in [1.165, 1.54) is 0 Å². The van der Waals surface area contributed by atoms with Crippen LogP contribution in [0.5, 0.6) is 5.75 Å². The van der Waals surface area contributed by atoms with Crippen molar-refractivity contribution in [3.63, 3.8) is 0 Å². The summed E-state index contributed by atoms with van der Waals surface area (Å²) < 4.78 is 5.35. The molecule has 1 amide bonds. The van der Waals surface area contributed by atoms with E-state index in [1.54, 1.807) is 7.11 Å². The third-order valence-electron chi connectivity index (χ3n) is 3.30. The van der Waals surface area contributed by atoms with Crippen LogP contribution in [0.25, 0.3) is 0 Å². The maximum atomic E-state index is 12.2. The normalized spacial score (nSPS) is 14.7. The number of nitrogens with zero attached hydrogens (tertiary/aromatic N) is 1. The third kappa shape index (κ3) is 2.84. The van der Waals surface area contributed by atoms with Crippen LogP contribution in [-0.4, -0.2) is 24.0 Å². The Kier molecular flexibility index (Phi) is 3.90. The maximum Gasteiger partial charge on any atom is 0.225 e. The molecule has 0 N–H and O–H groups in total. The molecule has 0 atom stereocenters. The Morgan fingerprint density at radius 2 is 2.06 bits per heavy atom. The van der Waals surface area contributed by atoms with Gasteiger partial charge < -0.3 is 9.64 Å². The van der Waals surface area contributed by atoms with E-state index in [2.05, 4.69) is 0 Å². The molecule has 1 aliphatic rings. The van der Waals surface area contributed by atoms with E-state index in [-0.39, 0.29) is 11.8 Å². The number of methoxy groups -OCH3 is 1. The molecular weight excluding hydrogens is 226 g/mol. The summed E-state index contributed by atoms with van der Waals surface area (Å²) in [4.78, 5) is 14.2. The number of amides is 1. The molecule has 0 aromatic heterocycles. The maximum absolute atomic E-state index is 12.2. The Bertz CT molecular complexity index is 424. The molecule has 2 rings (SSSR count). The summed E-state index contributed by atoms with van der Waals surface area (Å²) in [5.41, 5.74) is 1.08. The molecule has 3 nitrogen and oxygen atoms in total. The fourth-order valence-electron chi connectivity index (χ4n) is 2.12. The van der Waals surface area contributed by atoms with Gasteiger partial charge in [0.25, 0.3) is 0 Å². The molecule has 3 heteroatoms. The Morgan fingerprint density at radius 3 is 2.61 bits per heavy atom. The lowest BCUT2D eigenvalue weighted by atomic mass is 10.1. The summed E-state index contributed by atoms with van der Waals surface area (Å²) in [5.74, 6) is 1.16. The van der Waals surface area contributed by atoms with Crippen molar-refractivity contribution in [1.82, 2.24) is 4.90 Å². The zero-order valence-corrected chi connectivity index (χ0v) is 11.3. The molecule has 98 valence electrons. The first kappa shape index (κ1) is 12.9. The zero-order chi connectivity index (χ0) is 13.1. The van der Waals surface area contributed by atoms with E-state index in [0.29, 0.717) is 12.6 Å². The molecular formula is C15H21NO2. The molecule has 0 spiro atoms. The van der Waals surface area contributed by atoms with Crippen molar-refractivity contribution in [3.8, 4) is 5.75 Å². The molecule has 0 saturated heterocycles. The molecule has 0 unspecified atom stereocenters. The largest absolute Gasteiger partial charge is 0.496 e. The van der Waals surface area contributed by atoms with Gasteiger partial charge in [-0.1, -0.05) is 32.0 Å². The van der Waals surface area contributed by atoms with Crippen LogP contribution in [-0.2, 0) is 11.3 Å². The van der Waals surface area contributed by atoms with Crippen LogP contribution in [0.3, 0.4) is 0 Å². The summed E-state index contributed by atoms with van der Waals surface area (Å²) >= 11 is 0. The van der Waals surface area contributed by atoms with E-state index in [4.69, 9.17) is 4.74 Å². The number of carbonyl (C=O) groups excluding carboxylic acids is 1. The number of para-hydroxylation sites is 1. The molecule has 0 heterocycles. The van der Waals surface area contributed by atoms with Gasteiger partial charge in [-0.25, -0.2) is 0 Å². The number of rotatable bonds is 5. The van der Waals surface area contributed by atoms with E-state index < -0.39 is 0 Å². The van der Waals surface area contributed by atoms with Gasteiger partial charge in [0.15, 0.2) is 0 Å². The van der Waals surface area contributed by atoms with Crippen LogP contribution in [0.2, 0.25) is 0 Å². The number of benzene rings is 1. The first-order valence-corrected chi connectivity index (χ1v) is 6.56.